The molecule has 1 rings (SSSR count). The third kappa shape index (κ3) is 6.58. The number of guanidine groups is 1. The summed E-state index contributed by atoms with van der Waals surface area (Å²) in [5.41, 5.74) is 5.28. The predicted molar refractivity (Wildman–Crippen MR) is 65.7 cm³/mol. The Bertz CT molecular complexity index is 486. The number of anilines is 1. The molecule has 0 saturated carbocycles. The third-order valence-corrected chi connectivity index (χ3v) is 2.13. The van der Waals surface area contributed by atoms with Gasteiger partial charge in [-0.25, -0.2) is 9.98 Å². The molecule has 0 spiro atoms. The van der Waals surface area contributed by atoms with Crippen molar-refractivity contribution in [3.8, 4) is 6.07 Å². The first kappa shape index (κ1) is 15.7. The molecule has 0 fully saturated rings. The Labute approximate surface area is 113 Å². The van der Waals surface area contributed by atoms with Gasteiger partial charge in [0.25, 0.3) is 0 Å². The summed E-state index contributed by atoms with van der Waals surface area (Å²) in [6, 6.07) is 2.03. The van der Waals surface area contributed by atoms with E-state index in [0.717, 1.165) is 12.8 Å². The second-order valence-electron chi connectivity index (χ2n) is 3.89. The standard InChI is InChI=1S/C10H14F3N7/c11-10(12,13)6-16-8(15)18-9-17-7-20(19-9)5-3-1-2-4-14/h7H,1-3,5-6H2,(H3,15,16,18,19). The van der Waals surface area contributed by atoms with Gasteiger partial charge in [-0.1, -0.05) is 0 Å². The molecule has 0 radical (unpaired) electrons. The summed E-state index contributed by atoms with van der Waals surface area (Å²) in [4.78, 5) is 6.95. The number of nitrogens with two attached hydrogens (primary N) is 1. The molecule has 0 bridgehead atoms. The van der Waals surface area contributed by atoms with Crippen LogP contribution in [0.25, 0.3) is 0 Å². The maximum atomic E-state index is 11.9. The number of halogens is 3. The Morgan fingerprint density at radius 1 is 1.50 bits per heavy atom. The van der Waals surface area contributed by atoms with E-state index in [1.165, 1.54) is 11.0 Å². The number of aryl methyl sites for hydroxylation is 1. The van der Waals surface area contributed by atoms with E-state index in [4.69, 9.17) is 11.0 Å². The number of aliphatic imine (C=N–C) groups is 1. The molecule has 0 saturated heterocycles. The van der Waals surface area contributed by atoms with Crippen LogP contribution in [0.1, 0.15) is 19.3 Å². The molecular formula is C10H14F3N7. The molecule has 0 aliphatic carbocycles. The molecule has 10 heteroatoms. The van der Waals surface area contributed by atoms with E-state index in [2.05, 4.69) is 20.4 Å². The molecule has 0 aliphatic rings. The molecule has 0 aromatic carbocycles. The molecule has 110 valence electrons. The maximum absolute atomic E-state index is 11.9. The number of nitrogens with zero attached hydrogens (tertiary/aromatic N) is 5. The van der Waals surface area contributed by atoms with Crippen molar-refractivity contribution in [2.45, 2.75) is 32.0 Å². The fourth-order valence-electron chi connectivity index (χ4n) is 1.27. The van der Waals surface area contributed by atoms with Crippen LogP contribution in [0.3, 0.4) is 0 Å². The number of hydrogen-bond acceptors (Lipinski definition) is 4. The quantitative estimate of drug-likeness (QED) is 0.466. The molecular weight excluding hydrogens is 275 g/mol. The van der Waals surface area contributed by atoms with Crippen LogP contribution in [0.15, 0.2) is 11.3 Å². The van der Waals surface area contributed by atoms with Gasteiger partial charge >= 0.3 is 6.18 Å². The van der Waals surface area contributed by atoms with Gasteiger partial charge in [0.05, 0.1) is 6.07 Å². The molecule has 1 heterocycles. The summed E-state index contributed by atoms with van der Waals surface area (Å²) >= 11 is 0. The summed E-state index contributed by atoms with van der Waals surface area (Å²) in [5, 5.41) is 14.7. The normalized spacial score (nSPS) is 12.2. The molecule has 0 aliphatic heterocycles. The highest BCUT2D eigenvalue weighted by Crippen LogP contribution is 2.14. The van der Waals surface area contributed by atoms with Crippen LogP contribution >= 0.6 is 0 Å². The molecule has 1 aromatic rings. The van der Waals surface area contributed by atoms with Crippen LogP contribution < -0.4 is 11.1 Å². The topological polar surface area (TPSA) is 105 Å². The SMILES string of the molecule is N#CCCCCn1cnc(N/C(N)=N\CC(F)(F)F)n1. The van der Waals surface area contributed by atoms with Gasteiger partial charge < -0.3 is 5.73 Å². The number of nitriles is 1. The van der Waals surface area contributed by atoms with Crippen LogP contribution in [0.4, 0.5) is 19.1 Å². The Balaban J connectivity index is 2.41. The lowest BCUT2D eigenvalue weighted by molar-refractivity contribution is -0.118. The van der Waals surface area contributed by atoms with Crippen molar-refractivity contribution >= 4 is 11.9 Å². The van der Waals surface area contributed by atoms with Crippen molar-refractivity contribution in [3.05, 3.63) is 6.33 Å². The van der Waals surface area contributed by atoms with E-state index in [0.29, 0.717) is 13.0 Å². The Kier molecular flexibility index (Phi) is 5.76. The summed E-state index contributed by atoms with van der Waals surface area (Å²) in [6.07, 6.45) is -1.01. The van der Waals surface area contributed by atoms with Crippen LogP contribution in [0, 0.1) is 11.3 Å². The second kappa shape index (κ2) is 7.32. The van der Waals surface area contributed by atoms with Gasteiger partial charge in [0.1, 0.15) is 12.9 Å². The molecule has 0 atom stereocenters. The van der Waals surface area contributed by atoms with Gasteiger partial charge in [-0.2, -0.15) is 18.4 Å². The lowest BCUT2D eigenvalue weighted by Gasteiger charge is -2.03. The van der Waals surface area contributed by atoms with Crippen molar-refractivity contribution in [1.82, 2.24) is 14.8 Å². The highest BCUT2D eigenvalue weighted by atomic mass is 19.4. The number of unbranched alkanes of at least 4 members (excludes halogenated alkanes) is 2. The average molecular weight is 289 g/mol. The van der Waals surface area contributed by atoms with Crippen LogP contribution in [-0.2, 0) is 6.54 Å². The summed E-state index contributed by atoms with van der Waals surface area (Å²) < 4.78 is 37.2. The molecule has 7 nitrogen and oxygen atoms in total. The summed E-state index contributed by atoms with van der Waals surface area (Å²) in [5.74, 6) is -0.321. The zero-order chi connectivity index (χ0) is 15.0. The smallest absolute Gasteiger partial charge is 0.370 e. The monoisotopic (exact) mass is 289 g/mol. The zero-order valence-electron chi connectivity index (χ0n) is 10.6. The highest BCUT2D eigenvalue weighted by molar-refractivity contribution is 5.90. The number of nitrogens with one attached hydrogen (secondary N) is 1. The second-order valence-corrected chi connectivity index (χ2v) is 3.89. The van der Waals surface area contributed by atoms with Crippen LogP contribution in [0.2, 0.25) is 0 Å². The first-order valence-electron chi connectivity index (χ1n) is 5.81. The van der Waals surface area contributed by atoms with Crippen molar-refractivity contribution in [2.75, 3.05) is 11.9 Å². The largest absolute Gasteiger partial charge is 0.408 e. The summed E-state index contributed by atoms with van der Waals surface area (Å²) in [6.45, 7) is -0.795. The molecule has 20 heavy (non-hydrogen) atoms. The zero-order valence-corrected chi connectivity index (χ0v) is 10.6. The lowest BCUT2D eigenvalue weighted by atomic mass is 10.2. The average Bonchev–Trinajstić information content (AvgIpc) is 2.79. The minimum absolute atomic E-state index is 0.0775. The van der Waals surface area contributed by atoms with E-state index < -0.39 is 18.7 Å². The van der Waals surface area contributed by atoms with Gasteiger partial charge in [-0.05, 0) is 12.8 Å². The van der Waals surface area contributed by atoms with Crippen LogP contribution in [0.5, 0.6) is 0 Å². The van der Waals surface area contributed by atoms with Gasteiger partial charge in [0.15, 0.2) is 5.96 Å². The van der Waals surface area contributed by atoms with Gasteiger partial charge in [-0.3, -0.25) is 10.00 Å². The van der Waals surface area contributed by atoms with Gasteiger partial charge in [-0.15, -0.1) is 5.10 Å². The first-order valence-corrected chi connectivity index (χ1v) is 5.81. The number of aromatic nitrogens is 3. The molecule has 3 N–H and O–H groups in total. The number of hydrogen-bond donors (Lipinski definition) is 2. The van der Waals surface area contributed by atoms with Gasteiger partial charge in [0.2, 0.25) is 5.95 Å². The van der Waals surface area contributed by atoms with E-state index in [1.807, 2.05) is 6.07 Å². The Morgan fingerprint density at radius 3 is 2.90 bits per heavy atom. The number of rotatable bonds is 6. The minimum Gasteiger partial charge on any atom is -0.370 e. The highest BCUT2D eigenvalue weighted by Gasteiger charge is 2.26. The molecule has 0 amide bonds. The van der Waals surface area contributed by atoms with E-state index >= 15 is 0 Å². The molecule has 0 unspecified atom stereocenters. The van der Waals surface area contributed by atoms with Crippen molar-refractivity contribution in [1.29, 1.82) is 5.26 Å². The first-order chi connectivity index (χ1) is 9.40. The van der Waals surface area contributed by atoms with Crippen molar-refractivity contribution in [2.24, 2.45) is 10.7 Å². The Morgan fingerprint density at radius 2 is 2.25 bits per heavy atom. The fraction of sp³-hybridized carbons (Fsp3) is 0.600. The van der Waals surface area contributed by atoms with Gasteiger partial charge in [0, 0.05) is 13.0 Å². The maximum Gasteiger partial charge on any atom is 0.408 e. The van der Waals surface area contributed by atoms with Crippen LogP contribution in [-0.4, -0.2) is 33.4 Å². The lowest BCUT2D eigenvalue weighted by Crippen LogP contribution is -2.26. The van der Waals surface area contributed by atoms with E-state index in [-0.39, 0.29) is 5.95 Å². The van der Waals surface area contributed by atoms with E-state index in [1.54, 1.807) is 0 Å². The van der Waals surface area contributed by atoms with Crippen molar-refractivity contribution in [3.63, 3.8) is 0 Å². The predicted octanol–water partition coefficient (Wildman–Crippen LogP) is 1.26. The minimum atomic E-state index is -4.40. The Hall–Kier alpha value is -2.31. The number of alkyl halides is 3. The molecule has 1 aromatic heterocycles. The van der Waals surface area contributed by atoms with Crippen molar-refractivity contribution < 1.29 is 13.2 Å². The summed E-state index contributed by atoms with van der Waals surface area (Å²) in [7, 11) is 0. The fourth-order valence-corrected chi connectivity index (χ4v) is 1.27. The third-order valence-electron chi connectivity index (χ3n) is 2.13. The van der Waals surface area contributed by atoms with E-state index in [9.17, 15) is 13.2 Å².